The summed E-state index contributed by atoms with van der Waals surface area (Å²) >= 11 is 1.60. The Morgan fingerprint density at radius 2 is 2.15 bits per heavy atom. The number of benzene rings is 1. The van der Waals surface area contributed by atoms with Gasteiger partial charge in [0.15, 0.2) is 11.5 Å². The van der Waals surface area contributed by atoms with Gasteiger partial charge in [-0.25, -0.2) is 0 Å². The molecule has 2 aromatic rings. The summed E-state index contributed by atoms with van der Waals surface area (Å²) in [5.74, 6) is 1.46. The average molecular weight is 290 g/mol. The number of fused-ring (bicyclic) bond motifs is 1. The van der Waals surface area contributed by atoms with Gasteiger partial charge in [0.1, 0.15) is 0 Å². The van der Waals surface area contributed by atoms with Crippen molar-refractivity contribution >= 4 is 28.6 Å². The van der Waals surface area contributed by atoms with Crippen LogP contribution in [0.2, 0.25) is 0 Å². The molecule has 0 fully saturated rings. The molecule has 0 saturated heterocycles. The van der Waals surface area contributed by atoms with Gasteiger partial charge in [-0.3, -0.25) is 4.79 Å². The van der Waals surface area contributed by atoms with Crippen molar-refractivity contribution in [2.45, 2.75) is 13.5 Å². The number of thiophene rings is 1. The maximum atomic E-state index is 11.1. The van der Waals surface area contributed by atoms with Gasteiger partial charge in [-0.15, -0.1) is 11.3 Å². The molecule has 0 radical (unpaired) electrons. The highest BCUT2D eigenvalue weighted by atomic mass is 32.1. The lowest BCUT2D eigenvalue weighted by Gasteiger charge is -2.08. The lowest BCUT2D eigenvalue weighted by molar-refractivity contribution is -0.114. The molecule has 6 heteroatoms. The van der Waals surface area contributed by atoms with E-state index in [0.29, 0.717) is 6.54 Å². The number of hydrogen-bond donors (Lipinski definition) is 2. The number of amides is 1. The summed E-state index contributed by atoms with van der Waals surface area (Å²) in [6, 6.07) is 7.64. The lowest BCUT2D eigenvalue weighted by Crippen LogP contribution is -2.08. The summed E-state index contributed by atoms with van der Waals surface area (Å²) in [6.45, 7) is 2.43. The van der Waals surface area contributed by atoms with E-state index in [1.165, 1.54) is 6.92 Å². The van der Waals surface area contributed by atoms with E-state index in [9.17, 15) is 4.79 Å². The van der Waals surface area contributed by atoms with Gasteiger partial charge >= 0.3 is 0 Å². The fourth-order valence-corrected chi connectivity index (χ4v) is 2.74. The summed E-state index contributed by atoms with van der Waals surface area (Å²) in [4.78, 5) is 12.2. The van der Waals surface area contributed by atoms with E-state index in [1.54, 1.807) is 11.3 Å². The lowest BCUT2D eigenvalue weighted by atomic mass is 10.2. The van der Waals surface area contributed by atoms with Crippen LogP contribution >= 0.6 is 11.3 Å². The van der Waals surface area contributed by atoms with Crippen LogP contribution in [0.15, 0.2) is 29.6 Å². The summed E-state index contributed by atoms with van der Waals surface area (Å²) in [7, 11) is 0. The van der Waals surface area contributed by atoms with Crippen molar-refractivity contribution in [1.29, 1.82) is 0 Å². The molecule has 1 aromatic carbocycles. The van der Waals surface area contributed by atoms with Crippen molar-refractivity contribution < 1.29 is 14.3 Å². The van der Waals surface area contributed by atoms with E-state index >= 15 is 0 Å². The second-order valence-electron chi connectivity index (χ2n) is 4.36. The first kappa shape index (κ1) is 12.8. The van der Waals surface area contributed by atoms with Crippen LogP contribution in [0.1, 0.15) is 11.8 Å². The molecule has 0 aliphatic carbocycles. The van der Waals surface area contributed by atoms with Gasteiger partial charge in [0, 0.05) is 23.6 Å². The SMILES string of the molecule is CC(=O)Nc1ccsc1CNc1ccc2c(c1)OCO2. The molecule has 3 rings (SSSR count). The molecule has 104 valence electrons. The van der Waals surface area contributed by atoms with Gasteiger partial charge in [-0.2, -0.15) is 0 Å². The Kier molecular flexibility index (Phi) is 3.47. The first-order valence-corrected chi connectivity index (χ1v) is 7.08. The normalized spacial score (nSPS) is 12.2. The van der Waals surface area contributed by atoms with Gasteiger partial charge < -0.3 is 20.1 Å². The smallest absolute Gasteiger partial charge is 0.231 e. The summed E-state index contributed by atoms with van der Waals surface area (Å²) in [5.41, 5.74) is 1.81. The number of carbonyl (C=O) groups excluding carboxylic acids is 1. The van der Waals surface area contributed by atoms with E-state index in [-0.39, 0.29) is 12.7 Å². The highest BCUT2D eigenvalue weighted by Gasteiger charge is 2.13. The molecule has 20 heavy (non-hydrogen) atoms. The first-order valence-electron chi connectivity index (χ1n) is 6.20. The third-order valence-corrected chi connectivity index (χ3v) is 3.80. The molecule has 1 aliphatic heterocycles. The quantitative estimate of drug-likeness (QED) is 0.908. The van der Waals surface area contributed by atoms with Crippen LogP contribution in [0.3, 0.4) is 0 Å². The second-order valence-corrected chi connectivity index (χ2v) is 5.36. The van der Waals surface area contributed by atoms with Crippen molar-refractivity contribution in [2.75, 3.05) is 17.4 Å². The Morgan fingerprint density at radius 3 is 3.00 bits per heavy atom. The van der Waals surface area contributed by atoms with Crippen LogP contribution in [0, 0.1) is 0 Å². The fraction of sp³-hybridized carbons (Fsp3) is 0.214. The van der Waals surface area contributed by atoms with E-state index in [4.69, 9.17) is 9.47 Å². The van der Waals surface area contributed by atoms with Crippen molar-refractivity contribution in [3.8, 4) is 11.5 Å². The Labute approximate surface area is 120 Å². The maximum absolute atomic E-state index is 11.1. The van der Waals surface area contributed by atoms with Crippen molar-refractivity contribution in [3.05, 3.63) is 34.5 Å². The van der Waals surface area contributed by atoms with Crippen LogP contribution in [0.4, 0.5) is 11.4 Å². The zero-order chi connectivity index (χ0) is 13.9. The van der Waals surface area contributed by atoms with Crippen LogP contribution in [-0.4, -0.2) is 12.7 Å². The number of anilines is 2. The minimum atomic E-state index is -0.0623. The molecule has 0 unspecified atom stereocenters. The highest BCUT2D eigenvalue weighted by Crippen LogP contribution is 2.34. The van der Waals surface area contributed by atoms with Gasteiger partial charge in [-0.05, 0) is 23.6 Å². The monoisotopic (exact) mass is 290 g/mol. The predicted molar refractivity (Wildman–Crippen MR) is 78.5 cm³/mol. The molecule has 0 spiro atoms. The van der Waals surface area contributed by atoms with Crippen LogP contribution in [-0.2, 0) is 11.3 Å². The van der Waals surface area contributed by atoms with Gasteiger partial charge in [0.25, 0.3) is 0 Å². The molecule has 0 saturated carbocycles. The van der Waals surface area contributed by atoms with Gasteiger partial charge in [0.2, 0.25) is 12.7 Å². The molecule has 1 amide bonds. The molecule has 2 N–H and O–H groups in total. The number of carbonyl (C=O) groups is 1. The largest absolute Gasteiger partial charge is 0.454 e. The summed E-state index contributed by atoms with van der Waals surface area (Å²) < 4.78 is 10.6. The van der Waals surface area contributed by atoms with Gasteiger partial charge in [0.05, 0.1) is 12.2 Å². The standard InChI is InChI=1S/C14H14N2O3S/c1-9(17)16-11-4-5-20-14(11)7-15-10-2-3-12-13(6-10)19-8-18-12/h2-6,15H,7-8H2,1H3,(H,16,17). The average Bonchev–Trinajstić information content (AvgIpc) is 3.03. The fourth-order valence-electron chi connectivity index (χ4n) is 1.97. The Morgan fingerprint density at radius 1 is 1.30 bits per heavy atom. The molecule has 5 nitrogen and oxygen atoms in total. The molecular weight excluding hydrogens is 276 g/mol. The third-order valence-electron chi connectivity index (χ3n) is 2.88. The van der Waals surface area contributed by atoms with Crippen LogP contribution < -0.4 is 20.1 Å². The second kappa shape index (κ2) is 5.42. The number of nitrogens with one attached hydrogen (secondary N) is 2. The van der Waals surface area contributed by atoms with E-state index in [0.717, 1.165) is 27.8 Å². The third kappa shape index (κ3) is 2.70. The molecule has 1 aliphatic rings. The zero-order valence-electron chi connectivity index (χ0n) is 10.9. The Hall–Kier alpha value is -2.21. The van der Waals surface area contributed by atoms with Crippen molar-refractivity contribution in [2.24, 2.45) is 0 Å². The van der Waals surface area contributed by atoms with Crippen LogP contribution in [0.5, 0.6) is 11.5 Å². The maximum Gasteiger partial charge on any atom is 0.231 e. The van der Waals surface area contributed by atoms with E-state index in [1.807, 2.05) is 29.6 Å². The molecular formula is C14H14N2O3S. The minimum Gasteiger partial charge on any atom is -0.454 e. The molecule has 2 heterocycles. The topological polar surface area (TPSA) is 59.6 Å². The predicted octanol–water partition coefficient (Wildman–Crippen LogP) is 3.05. The van der Waals surface area contributed by atoms with Gasteiger partial charge in [-0.1, -0.05) is 0 Å². The number of hydrogen-bond acceptors (Lipinski definition) is 5. The number of ether oxygens (including phenoxy) is 2. The highest BCUT2D eigenvalue weighted by molar-refractivity contribution is 7.10. The number of rotatable bonds is 4. The summed E-state index contributed by atoms with van der Waals surface area (Å²) in [5, 5.41) is 8.09. The first-order chi connectivity index (χ1) is 9.72. The van der Waals surface area contributed by atoms with Crippen LogP contribution in [0.25, 0.3) is 0 Å². The Bertz CT molecular complexity index is 639. The minimum absolute atomic E-state index is 0.0623. The van der Waals surface area contributed by atoms with Crippen molar-refractivity contribution in [1.82, 2.24) is 0 Å². The summed E-state index contributed by atoms with van der Waals surface area (Å²) in [6.07, 6.45) is 0. The molecule has 1 aromatic heterocycles. The van der Waals surface area contributed by atoms with E-state index in [2.05, 4.69) is 10.6 Å². The van der Waals surface area contributed by atoms with Crippen molar-refractivity contribution in [3.63, 3.8) is 0 Å². The zero-order valence-corrected chi connectivity index (χ0v) is 11.8. The molecule has 0 bridgehead atoms. The molecule has 0 atom stereocenters. The Balaban J connectivity index is 1.67. The van der Waals surface area contributed by atoms with E-state index < -0.39 is 0 Å².